The second kappa shape index (κ2) is 6.61. The van der Waals surface area contributed by atoms with Crippen molar-refractivity contribution in [2.24, 2.45) is 0 Å². The first-order valence-electron chi connectivity index (χ1n) is 8.32. The van der Waals surface area contributed by atoms with Crippen LogP contribution in [0, 0.1) is 0 Å². The maximum Gasteiger partial charge on any atom is 0.169 e. The quantitative estimate of drug-likeness (QED) is 0.860. The lowest BCUT2D eigenvalue weighted by atomic mass is 10.0. The highest BCUT2D eigenvalue weighted by Gasteiger charge is 2.27. The molecule has 0 spiro atoms. The third-order valence-corrected chi connectivity index (χ3v) is 4.99. The molecule has 2 aromatic rings. The number of hydrogen-bond donors (Lipinski definition) is 1. The van der Waals surface area contributed by atoms with Crippen molar-refractivity contribution in [1.29, 1.82) is 0 Å². The van der Waals surface area contributed by atoms with Crippen LogP contribution in [0.15, 0.2) is 33.5 Å². The van der Waals surface area contributed by atoms with Gasteiger partial charge in [0.2, 0.25) is 0 Å². The van der Waals surface area contributed by atoms with E-state index >= 15 is 0 Å². The molecule has 0 amide bonds. The van der Waals surface area contributed by atoms with E-state index in [0.29, 0.717) is 12.0 Å². The van der Waals surface area contributed by atoms with Gasteiger partial charge in [-0.15, -0.1) is 0 Å². The van der Waals surface area contributed by atoms with E-state index in [1.807, 2.05) is 24.4 Å². The molecular weight excluding hydrogens is 356 g/mol. The molecule has 0 aromatic carbocycles. The lowest BCUT2D eigenvalue weighted by molar-refractivity contribution is 0.196. The van der Waals surface area contributed by atoms with E-state index in [2.05, 4.69) is 36.1 Å². The van der Waals surface area contributed by atoms with Crippen molar-refractivity contribution in [1.82, 2.24) is 14.9 Å². The Labute approximate surface area is 144 Å². The predicted octanol–water partition coefficient (Wildman–Crippen LogP) is 3.79. The Morgan fingerprint density at radius 3 is 2.70 bits per heavy atom. The first kappa shape index (κ1) is 15.1. The van der Waals surface area contributed by atoms with Crippen molar-refractivity contribution in [2.45, 2.75) is 44.2 Å². The fourth-order valence-corrected chi connectivity index (χ4v) is 3.43. The summed E-state index contributed by atoms with van der Waals surface area (Å²) in [6.45, 7) is 3.05. The molecule has 5 nitrogen and oxygen atoms in total. The molecule has 2 aliphatic rings. The molecule has 122 valence electrons. The molecule has 1 N–H and O–H groups in total. The second-order valence-electron chi connectivity index (χ2n) is 6.47. The van der Waals surface area contributed by atoms with Gasteiger partial charge in [0.1, 0.15) is 17.4 Å². The molecule has 0 radical (unpaired) electrons. The fraction of sp³-hybridized carbons (Fsp3) is 0.529. The normalized spacial score (nSPS) is 19.9. The van der Waals surface area contributed by atoms with E-state index in [1.165, 1.54) is 12.8 Å². The topological polar surface area (TPSA) is 54.2 Å². The summed E-state index contributed by atoms with van der Waals surface area (Å²) >= 11 is 3.36. The summed E-state index contributed by atoms with van der Waals surface area (Å²) in [6, 6.07) is 6.47. The predicted molar refractivity (Wildman–Crippen MR) is 92.3 cm³/mol. The number of nitrogens with one attached hydrogen (secondary N) is 1. The fourth-order valence-electron chi connectivity index (χ4n) is 3.09. The molecule has 0 unspecified atom stereocenters. The van der Waals surface area contributed by atoms with Gasteiger partial charge in [0.15, 0.2) is 4.67 Å². The lowest BCUT2D eigenvalue weighted by Crippen LogP contribution is -2.38. The summed E-state index contributed by atoms with van der Waals surface area (Å²) in [4.78, 5) is 11.5. The molecule has 1 aliphatic carbocycles. The maximum atomic E-state index is 5.59. The summed E-state index contributed by atoms with van der Waals surface area (Å²) in [5.41, 5.74) is 0. The van der Waals surface area contributed by atoms with E-state index in [0.717, 1.165) is 54.5 Å². The van der Waals surface area contributed by atoms with Crippen molar-refractivity contribution in [2.75, 3.05) is 18.4 Å². The second-order valence-corrected chi connectivity index (χ2v) is 7.26. The summed E-state index contributed by atoms with van der Waals surface area (Å²) in [6.07, 6.45) is 6.62. The molecule has 3 heterocycles. The summed E-state index contributed by atoms with van der Waals surface area (Å²) in [7, 11) is 0. The molecule has 0 atom stereocenters. The Morgan fingerprint density at radius 1 is 1.17 bits per heavy atom. The molecule has 1 saturated heterocycles. The maximum absolute atomic E-state index is 5.59. The van der Waals surface area contributed by atoms with Crippen LogP contribution in [0.25, 0.3) is 0 Å². The van der Waals surface area contributed by atoms with Gasteiger partial charge in [0.25, 0.3) is 0 Å². The average Bonchev–Trinajstić information content (AvgIpc) is 3.33. The number of furan rings is 1. The first-order valence-corrected chi connectivity index (χ1v) is 9.11. The molecule has 4 rings (SSSR count). The standard InChI is InChI=1S/C17H21BrN4O/c18-15-4-3-14(23-15)11-22-9-6-13(7-10-22)20-16-5-8-19-17(21-16)12-1-2-12/h3-5,8,12-13H,1-2,6-7,9-11H2,(H,19,20,21). The number of hydrogen-bond acceptors (Lipinski definition) is 5. The number of aromatic nitrogens is 2. The highest BCUT2D eigenvalue weighted by molar-refractivity contribution is 9.10. The van der Waals surface area contributed by atoms with Crippen molar-refractivity contribution in [3.63, 3.8) is 0 Å². The van der Waals surface area contributed by atoms with Crippen LogP contribution in [0.1, 0.15) is 43.2 Å². The minimum absolute atomic E-state index is 0.497. The van der Waals surface area contributed by atoms with Crippen LogP contribution >= 0.6 is 15.9 Å². The van der Waals surface area contributed by atoms with Gasteiger partial charge in [-0.25, -0.2) is 9.97 Å². The van der Waals surface area contributed by atoms with Gasteiger partial charge in [-0.05, 0) is 59.8 Å². The molecule has 23 heavy (non-hydrogen) atoms. The van der Waals surface area contributed by atoms with E-state index < -0.39 is 0 Å². The Kier molecular flexibility index (Phi) is 4.35. The van der Waals surface area contributed by atoms with Crippen LogP contribution in [0.3, 0.4) is 0 Å². The Hall–Kier alpha value is -1.40. The third kappa shape index (κ3) is 3.93. The van der Waals surface area contributed by atoms with E-state index in [4.69, 9.17) is 4.42 Å². The van der Waals surface area contributed by atoms with Gasteiger partial charge in [-0.1, -0.05) is 0 Å². The summed E-state index contributed by atoms with van der Waals surface area (Å²) in [5.74, 6) is 3.62. The molecule has 2 fully saturated rings. The monoisotopic (exact) mass is 376 g/mol. The van der Waals surface area contributed by atoms with Gasteiger partial charge < -0.3 is 9.73 Å². The zero-order valence-corrected chi connectivity index (χ0v) is 14.6. The molecular formula is C17H21BrN4O. The van der Waals surface area contributed by atoms with E-state index in [-0.39, 0.29) is 0 Å². The highest BCUT2D eigenvalue weighted by atomic mass is 79.9. The minimum Gasteiger partial charge on any atom is -0.453 e. The Bertz CT molecular complexity index is 662. The summed E-state index contributed by atoms with van der Waals surface area (Å²) in [5, 5.41) is 3.58. The zero-order chi connectivity index (χ0) is 15.6. The van der Waals surface area contributed by atoms with Crippen LogP contribution in [0.2, 0.25) is 0 Å². The average molecular weight is 377 g/mol. The number of likely N-dealkylation sites (tertiary alicyclic amines) is 1. The van der Waals surface area contributed by atoms with Crippen LogP contribution in [-0.2, 0) is 6.54 Å². The van der Waals surface area contributed by atoms with Gasteiger partial charge in [0, 0.05) is 31.2 Å². The van der Waals surface area contributed by atoms with E-state index in [9.17, 15) is 0 Å². The molecule has 2 aromatic heterocycles. The van der Waals surface area contributed by atoms with Crippen molar-refractivity contribution in [3.8, 4) is 0 Å². The number of halogens is 1. The van der Waals surface area contributed by atoms with Crippen LogP contribution < -0.4 is 5.32 Å². The van der Waals surface area contributed by atoms with Crippen LogP contribution in [0.4, 0.5) is 5.82 Å². The summed E-state index contributed by atoms with van der Waals surface area (Å²) < 4.78 is 6.40. The lowest BCUT2D eigenvalue weighted by Gasteiger charge is -2.32. The Morgan fingerprint density at radius 2 is 2.00 bits per heavy atom. The van der Waals surface area contributed by atoms with Crippen molar-refractivity contribution >= 4 is 21.7 Å². The smallest absolute Gasteiger partial charge is 0.169 e. The zero-order valence-electron chi connectivity index (χ0n) is 13.0. The minimum atomic E-state index is 0.497. The molecule has 6 heteroatoms. The number of anilines is 1. The number of nitrogens with zero attached hydrogens (tertiary/aromatic N) is 3. The van der Waals surface area contributed by atoms with Gasteiger partial charge in [-0.3, -0.25) is 4.90 Å². The molecule has 1 saturated carbocycles. The SMILES string of the molecule is Brc1ccc(CN2CCC(Nc3ccnc(C4CC4)n3)CC2)o1. The van der Waals surface area contributed by atoms with Gasteiger partial charge >= 0.3 is 0 Å². The molecule has 0 bridgehead atoms. The third-order valence-electron chi connectivity index (χ3n) is 4.56. The number of piperidine rings is 1. The number of rotatable bonds is 5. The van der Waals surface area contributed by atoms with Crippen LogP contribution in [0.5, 0.6) is 0 Å². The van der Waals surface area contributed by atoms with Gasteiger partial charge in [-0.2, -0.15) is 0 Å². The highest BCUT2D eigenvalue weighted by Crippen LogP contribution is 2.38. The van der Waals surface area contributed by atoms with Gasteiger partial charge in [0.05, 0.1) is 6.54 Å². The van der Waals surface area contributed by atoms with Crippen molar-refractivity contribution in [3.05, 3.63) is 40.7 Å². The van der Waals surface area contributed by atoms with Crippen LogP contribution in [-0.4, -0.2) is 34.0 Å². The Balaban J connectivity index is 1.28. The van der Waals surface area contributed by atoms with E-state index in [1.54, 1.807) is 0 Å². The molecule has 1 aliphatic heterocycles. The first-order chi connectivity index (χ1) is 11.3. The van der Waals surface area contributed by atoms with Crippen molar-refractivity contribution < 1.29 is 4.42 Å². The largest absolute Gasteiger partial charge is 0.453 e.